The average Bonchev–Trinajstić information content (AvgIpc) is 2.71. The molecule has 0 saturated heterocycles. The van der Waals surface area contributed by atoms with Crippen molar-refractivity contribution in [2.45, 2.75) is 6.42 Å². The zero-order chi connectivity index (χ0) is 10.5. The Kier molecular flexibility index (Phi) is 2.78. The smallest absolute Gasteiger partial charge is 0.231 e. The topological polar surface area (TPSA) is 55.1 Å². The summed E-state index contributed by atoms with van der Waals surface area (Å²) in [6.07, 6.45) is 5.05. The fourth-order valence-electron chi connectivity index (χ4n) is 1.21. The molecule has 0 unspecified atom stereocenters. The predicted molar refractivity (Wildman–Crippen MR) is 55.3 cm³/mol. The lowest BCUT2D eigenvalue weighted by molar-refractivity contribution is -0.115. The molecule has 1 N–H and O–H groups in total. The van der Waals surface area contributed by atoms with Crippen molar-refractivity contribution in [3.63, 3.8) is 0 Å². The molecule has 0 radical (unpaired) electrons. The molecule has 2 aromatic rings. The molecule has 2 aromatic heterocycles. The third-order valence-electron chi connectivity index (χ3n) is 1.88. The Morgan fingerprint density at radius 2 is 2.13 bits per heavy atom. The van der Waals surface area contributed by atoms with Crippen LogP contribution in [0.5, 0.6) is 0 Å². The maximum atomic E-state index is 11.5. The van der Waals surface area contributed by atoms with Crippen molar-refractivity contribution in [3.05, 3.63) is 48.7 Å². The van der Waals surface area contributed by atoms with Gasteiger partial charge in [-0.15, -0.1) is 0 Å². The van der Waals surface area contributed by atoms with Crippen molar-refractivity contribution >= 4 is 11.6 Å². The summed E-state index contributed by atoms with van der Waals surface area (Å²) in [5, 5.41) is 2.74. The zero-order valence-corrected chi connectivity index (χ0v) is 8.01. The van der Waals surface area contributed by atoms with Crippen LogP contribution >= 0.6 is 0 Å². The molecule has 2 heterocycles. The number of hydrogen-bond donors (Lipinski definition) is 1. The molecule has 0 atom stereocenters. The lowest BCUT2D eigenvalue weighted by atomic mass is 10.3. The van der Waals surface area contributed by atoms with Gasteiger partial charge in [0.05, 0.1) is 12.7 Å². The highest BCUT2D eigenvalue weighted by atomic mass is 16.3. The first kappa shape index (κ1) is 9.45. The van der Waals surface area contributed by atoms with E-state index in [1.165, 1.54) is 0 Å². The van der Waals surface area contributed by atoms with Gasteiger partial charge in [0.2, 0.25) is 5.91 Å². The van der Waals surface area contributed by atoms with Crippen LogP contribution in [0.25, 0.3) is 0 Å². The van der Waals surface area contributed by atoms with Gasteiger partial charge in [-0.1, -0.05) is 0 Å². The van der Waals surface area contributed by atoms with Gasteiger partial charge < -0.3 is 9.73 Å². The number of furan rings is 1. The number of nitrogens with zero attached hydrogens (tertiary/aromatic N) is 1. The van der Waals surface area contributed by atoms with Crippen LogP contribution in [0, 0.1) is 0 Å². The fraction of sp³-hybridized carbons (Fsp3) is 0.0909. The SMILES string of the molecule is O=C(Cc1ccco1)Nc1ccncc1. The minimum atomic E-state index is -0.101. The molecule has 0 aliphatic rings. The molecule has 0 saturated carbocycles. The van der Waals surface area contributed by atoms with Gasteiger partial charge >= 0.3 is 0 Å². The van der Waals surface area contributed by atoms with Gasteiger partial charge in [-0.25, -0.2) is 0 Å². The highest BCUT2D eigenvalue weighted by Crippen LogP contribution is 2.06. The Morgan fingerprint density at radius 3 is 2.80 bits per heavy atom. The van der Waals surface area contributed by atoms with Crippen molar-refractivity contribution in [3.8, 4) is 0 Å². The highest BCUT2D eigenvalue weighted by Gasteiger charge is 2.05. The normalized spacial score (nSPS) is 9.87. The van der Waals surface area contributed by atoms with E-state index in [1.807, 2.05) is 0 Å². The number of pyridine rings is 1. The summed E-state index contributed by atoms with van der Waals surface area (Å²) in [6, 6.07) is 7.00. The second-order valence-electron chi connectivity index (χ2n) is 3.04. The lowest BCUT2D eigenvalue weighted by Gasteiger charge is -2.02. The van der Waals surface area contributed by atoms with Crippen molar-refractivity contribution in [1.82, 2.24) is 4.98 Å². The summed E-state index contributed by atoms with van der Waals surface area (Å²) >= 11 is 0. The second kappa shape index (κ2) is 4.41. The summed E-state index contributed by atoms with van der Waals surface area (Å²) in [7, 11) is 0. The van der Waals surface area contributed by atoms with Gasteiger partial charge in [0.25, 0.3) is 0 Å². The van der Waals surface area contributed by atoms with Crippen LogP contribution in [0.4, 0.5) is 5.69 Å². The number of aromatic nitrogens is 1. The fourth-order valence-corrected chi connectivity index (χ4v) is 1.21. The van der Waals surface area contributed by atoms with E-state index in [1.54, 1.807) is 42.9 Å². The number of anilines is 1. The van der Waals surface area contributed by atoms with Gasteiger partial charge in [0.1, 0.15) is 5.76 Å². The standard InChI is InChI=1S/C11H10N2O2/c14-11(8-10-2-1-7-15-10)13-9-3-5-12-6-4-9/h1-7H,8H2,(H,12,13,14). The summed E-state index contributed by atoms with van der Waals surface area (Å²) in [5.74, 6) is 0.553. The van der Waals surface area contributed by atoms with Gasteiger partial charge in [0.15, 0.2) is 0 Å². The minimum absolute atomic E-state index is 0.101. The van der Waals surface area contributed by atoms with E-state index in [9.17, 15) is 4.79 Å². The van der Waals surface area contributed by atoms with Crippen molar-refractivity contribution < 1.29 is 9.21 Å². The maximum Gasteiger partial charge on any atom is 0.231 e. The first-order chi connectivity index (χ1) is 7.34. The van der Waals surface area contributed by atoms with Gasteiger partial charge in [0, 0.05) is 18.1 Å². The summed E-state index contributed by atoms with van der Waals surface area (Å²) < 4.78 is 5.07. The molecule has 0 bridgehead atoms. The summed E-state index contributed by atoms with van der Waals surface area (Å²) in [5.41, 5.74) is 0.738. The zero-order valence-electron chi connectivity index (χ0n) is 8.01. The number of hydrogen-bond acceptors (Lipinski definition) is 3. The van der Waals surface area contributed by atoms with Crippen LogP contribution in [0.2, 0.25) is 0 Å². The Hall–Kier alpha value is -2.10. The molecule has 76 valence electrons. The third-order valence-corrected chi connectivity index (χ3v) is 1.88. The second-order valence-corrected chi connectivity index (χ2v) is 3.04. The van der Waals surface area contributed by atoms with Crippen LogP contribution in [0.15, 0.2) is 47.3 Å². The predicted octanol–water partition coefficient (Wildman–Crippen LogP) is 1.86. The molecular weight excluding hydrogens is 192 g/mol. The molecule has 0 fully saturated rings. The molecular formula is C11H10N2O2. The van der Waals surface area contributed by atoms with Crippen molar-refractivity contribution in [2.24, 2.45) is 0 Å². The molecule has 15 heavy (non-hydrogen) atoms. The van der Waals surface area contributed by atoms with E-state index in [4.69, 9.17) is 4.42 Å². The van der Waals surface area contributed by atoms with Crippen molar-refractivity contribution in [1.29, 1.82) is 0 Å². The lowest BCUT2D eigenvalue weighted by Crippen LogP contribution is -2.13. The summed E-state index contributed by atoms with van der Waals surface area (Å²) in [6.45, 7) is 0. The number of rotatable bonds is 3. The third kappa shape index (κ3) is 2.67. The van der Waals surface area contributed by atoms with Gasteiger partial charge in [-0.05, 0) is 24.3 Å². The van der Waals surface area contributed by atoms with Gasteiger partial charge in [-0.3, -0.25) is 9.78 Å². The largest absolute Gasteiger partial charge is 0.469 e. The van der Waals surface area contributed by atoms with E-state index in [0.717, 1.165) is 5.69 Å². The Balaban J connectivity index is 1.94. The molecule has 0 aliphatic heterocycles. The Labute approximate surface area is 86.9 Å². The summed E-state index contributed by atoms with van der Waals surface area (Å²) in [4.78, 5) is 15.3. The molecule has 4 heteroatoms. The monoisotopic (exact) mass is 202 g/mol. The van der Waals surface area contributed by atoms with Crippen LogP contribution in [0.1, 0.15) is 5.76 Å². The van der Waals surface area contributed by atoms with E-state index < -0.39 is 0 Å². The maximum absolute atomic E-state index is 11.5. The Bertz CT molecular complexity index is 423. The molecule has 4 nitrogen and oxygen atoms in total. The van der Waals surface area contributed by atoms with E-state index in [0.29, 0.717) is 5.76 Å². The van der Waals surface area contributed by atoms with Crippen molar-refractivity contribution in [2.75, 3.05) is 5.32 Å². The van der Waals surface area contributed by atoms with Crippen LogP contribution < -0.4 is 5.32 Å². The van der Waals surface area contributed by atoms with Crippen LogP contribution in [0.3, 0.4) is 0 Å². The first-order valence-electron chi connectivity index (χ1n) is 4.57. The van der Waals surface area contributed by atoms with Crippen LogP contribution in [-0.4, -0.2) is 10.9 Å². The first-order valence-corrected chi connectivity index (χ1v) is 4.57. The van der Waals surface area contributed by atoms with E-state index in [-0.39, 0.29) is 12.3 Å². The number of nitrogens with one attached hydrogen (secondary N) is 1. The van der Waals surface area contributed by atoms with E-state index in [2.05, 4.69) is 10.3 Å². The van der Waals surface area contributed by atoms with Crippen LogP contribution in [-0.2, 0) is 11.2 Å². The number of carbonyl (C=O) groups excluding carboxylic acids is 1. The Morgan fingerprint density at radius 1 is 1.33 bits per heavy atom. The molecule has 0 spiro atoms. The quantitative estimate of drug-likeness (QED) is 0.826. The van der Waals surface area contributed by atoms with Gasteiger partial charge in [-0.2, -0.15) is 0 Å². The molecule has 0 aliphatic carbocycles. The average molecular weight is 202 g/mol. The molecule has 2 rings (SSSR count). The number of amides is 1. The molecule has 1 amide bonds. The minimum Gasteiger partial charge on any atom is -0.469 e. The molecule has 0 aromatic carbocycles. The number of carbonyl (C=O) groups is 1. The van der Waals surface area contributed by atoms with E-state index >= 15 is 0 Å². The highest BCUT2D eigenvalue weighted by molar-refractivity contribution is 5.91.